The Morgan fingerprint density at radius 3 is 2.36 bits per heavy atom. The topological polar surface area (TPSA) is 70.3 Å². The van der Waals surface area contributed by atoms with Crippen LogP contribution in [0.25, 0.3) is 11.1 Å². The van der Waals surface area contributed by atoms with Crippen LogP contribution in [0.15, 0.2) is 54.6 Å². The Morgan fingerprint density at radius 1 is 1.14 bits per heavy atom. The molecule has 146 valence electrons. The molecule has 0 saturated carbocycles. The van der Waals surface area contributed by atoms with Crippen LogP contribution in [-0.4, -0.2) is 24.5 Å². The lowest BCUT2D eigenvalue weighted by Gasteiger charge is -2.22. The molecule has 0 spiro atoms. The SMILES string of the molecule is CCOC(=O)[C@H](CC#N)C[C@H](CB(C)O)Cc1ccc(-c2ccccc2)cc1. The number of nitrogens with zero attached hydrogens (tertiary/aromatic N) is 1. The van der Waals surface area contributed by atoms with Crippen LogP contribution in [0.1, 0.15) is 25.3 Å². The molecule has 0 aliphatic rings. The van der Waals surface area contributed by atoms with Gasteiger partial charge in [0.25, 0.3) is 6.92 Å². The van der Waals surface area contributed by atoms with E-state index in [2.05, 4.69) is 42.5 Å². The Balaban J connectivity index is 2.10. The smallest absolute Gasteiger partial charge is 0.309 e. The van der Waals surface area contributed by atoms with E-state index in [-0.39, 0.29) is 18.3 Å². The van der Waals surface area contributed by atoms with Gasteiger partial charge in [-0.25, -0.2) is 0 Å². The first kappa shape index (κ1) is 21.7. The average Bonchev–Trinajstić information content (AvgIpc) is 2.68. The zero-order chi connectivity index (χ0) is 20.4. The number of hydrogen-bond acceptors (Lipinski definition) is 4. The second-order valence-corrected chi connectivity index (χ2v) is 7.26. The summed E-state index contributed by atoms with van der Waals surface area (Å²) in [6.45, 7) is 3.37. The first-order valence-electron chi connectivity index (χ1n) is 9.89. The number of esters is 1. The summed E-state index contributed by atoms with van der Waals surface area (Å²) >= 11 is 0. The van der Waals surface area contributed by atoms with Crippen molar-refractivity contribution in [3.8, 4) is 17.2 Å². The highest BCUT2D eigenvalue weighted by atomic mass is 16.5. The van der Waals surface area contributed by atoms with E-state index in [0.717, 1.165) is 17.5 Å². The molecule has 1 N–H and O–H groups in total. The van der Waals surface area contributed by atoms with E-state index in [0.29, 0.717) is 19.3 Å². The molecule has 4 nitrogen and oxygen atoms in total. The van der Waals surface area contributed by atoms with Gasteiger partial charge in [-0.1, -0.05) is 61.4 Å². The fourth-order valence-corrected chi connectivity index (χ4v) is 3.58. The lowest BCUT2D eigenvalue weighted by Crippen LogP contribution is -2.24. The van der Waals surface area contributed by atoms with Gasteiger partial charge in [-0.05, 0) is 48.7 Å². The maximum absolute atomic E-state index is 12.2. The van der Waals surface area contributed by atoms with Gasteiger partial charge in [0.1, 0.15) is 0 Å². The third kappa shape index (κ3) is 6.86. The summed E-state index contributed by atoms with van der Waals surface area (Å²) in [7, 11) is 0. The molecular weight excluding hydrogens is 349 g/mol. The Bertz CT molecular complexity index is 769. The number of ether oxygens (including phenoxy) is 1. The first-order chi connectivity index (χ1) is 13.5. The zero-order valence-corrected chi connectivity index (χ0v) is 16.7. The molecule has 0 amide bonds. The second kappa shape index (κ2) is 11.3. The van der Waals surface area contributed by atoms with Crippen molar-refractivity contribution < 1.29 is 14.6 Å². The van der Waals surface area contributed by atoms with E-state index in [1.165, 1.54) is 5.56 Å². The van der Waals surface area contributed by atoms with Crippen LogP contribution < -0.4 is 0 Å². The highest BCUT2D eigenvalue weighted by molar-refractivity contribution is 6.48. The van der Waals surface area contributed by atoms with E-state index < -0.39 is 12.8 Å². The highest BCUT2D eigenvalue weighted by Gasteiger charge is 2.26. The first-order valence-corrected chi connectivity index (χ1v) is 9.89. The molecule has 0 heterocycles. The van der Waals surface area contributed by atoms with Crippen molar-refractivity contribution in [1.82, 2.24) is 0 Å². The maximum atomic E-state index is 12.2. The Morgan fingerprint density at radius 2 is 1.79 bits per heavy atom. The van der Waals surface area contributed by atoms with Crippen LogP contribution in [0.3, 0.4) is 0 Å². The van der Waals surface area contributed by atoms with Crippen LogP contribution in [0.5, 0.6) is 0 Å². The molecule has 0 saturated heterocycles. The van der Waals surface area contributed by atoms with Crippen molar-refractivity contribution in [1.29, 1.82) is 5.26 Å². The van der Waals surface area contributed by atoms with Crippen molar-refractivity contribution in [2.75, 3.05) is 6.61 Å². The Hall–Kier alpha value is -2.58. The fraction of sp³-hybridized carbons (Fsp3) is 0.391. The van der Waals surface area contributed by atoms with Gasteiger partial charge in [-0.15, -0.1) is 0 Å². The molecule has 0 unspecified atom stereocenters. The summed E-state index contributed by atoms with van der Waals surface area (Å²) in [5.74, 6) is -0.665. The van der Waals surface area contributed by atoms with Crippen LogP contribution in [0.2, 0.25) is 13.1 Å². The van der Waals surface area contributed by atoms with Crippen molar-refractivity contribution in [2.24, 2.45) is 11.8 Å². The molecule has 0 bridgehead atoms. The molecule has 5 heteroatoms. The molecule has 2 aromatic rings. The van der Waals surface area contributed by atoms with Crippen LogP contribution >= 0.6 is 0 Å². The highest BCUT2D eigenvalue weighted by Crippen LogP contribution is 2.27. The van der Waals surface area contributed by atoms with Crippen molar-refractivity contribution in [3.05, 3.63) is 60.2 Å². The number of benzene rings is 2. The van der Waals surface area contributed by atoms with E-state index in [1.54, 1.807) is 13.7 Å². The Labute approximate surface area is 168 Å². The van der Waals surface area contributed by atoms with Gasteiger partial charge in [0.15, 0.2) is 0 Å². The lowest BCUT2D eigenvalue weighted by atomic mass is 9.61. The number of nitriles is 1. The molecule has 2 rings (SSSR count). The third-order valence-electron chi connectivity index (χ3n) is 4.84. The fourth-order valence-electron chi connectivity index (χ4n) is 3.58. The van der Waals surface area contributed by atoms with Crippen LogP contribution in [0.4, 0.5) is 0 Å². The van der Waals surface area contributed by atoms with E-state index in [4.69, 9.17) is 10.00 Å². The second-order valence-electron chi connectivity index (χ2n) is 7.26. The molecule has 0 aromatic heterocycles. The minimum Gasteiger partial charge on any atom is -0.466 e. The predicted molar refractivity (Wildman–Crippen MR) is 113 cm³/mol. The number of carbonyl (C=O) groups is 1. The van der Waals surface area contributed by atoms with Crippen molar-refractivity contribution >= 4 is 12.9 Å². The van der Waals surface area contributed by atoms with Crippen LogP contribution in [0, 0.1) is 23.2 Å². The van der Waals surface area contributed by atoms with Crippen molar-refractivity contribution in [2.45, 2.75) is 39.3 Å². The van der Waals surface area contributed by atoms with Gasteiger partial charge in [0.05, 0.1) is 18.6 Å². The van der Waals surface area contributed by atoms with Crippen LogP contribution in [-0.2, 0) is 16.0 Å². The van der Waals surface area contributed by atoms with Crippen molar-refractivity contribution in [3.63, 3.8) is 0 Å². The van der Waals surface area contributed by atoms with Gasteiger partial charge in [-0.3, -0.25) is 4.79 Å². The summed E-state index contributed by atoms with van der Waals surface area (Å²) in [5.41, 5.74) is 3.49. The standard InChI is InChI=1S/C23H28BNO3/c1-3-28-23(26)22(13-14-25)16-19(17-24(2)27)15-18-9-11-21(12-10-18)20-7-5-4-6-8-20/h4-12,19,22,27H,3,13,15-17H2,1-2H3/t19-,22-/m1/s1. The summed E-state index contributed by atoms with van der Waals surface area (Å²) < 4.78 is 5.12. The maximum Gasteiger partial charge on any atom is 0.309 e. The third-order valence-corrected chi connectivity index (χ3v) is 4.84. The van der Waals surface area contributed by atoms with Gasteiger partial charge >= 0.3 is 5.97 Å². The van der Waals surface area contributed by atoms with Gasteiger partial charge < -0.3 is 9.76 Å². The van der Waals surface area contributed by atoms with E-state index >= 15 is 0 Å². The van der Waals surface area contributed by atoms with Gasteiger partial charge in [0.2, 0.25) is 0 Å². The normalized spacial score (nSPS) is 12.6. The minimum atomic E-state index is -0.460. The largest absolute Gasteiger partial charge is 0.466 e. The van der Waals surface area contributed by atoms with Gasteiger partial charge in [0, 0.05) is 6.42 Å². The Kier molecular flexibility index (Phi) is 8.77. The summed E-state index contributed by atoms with van der Waals surface area (Å²) in [6.07, 6.45) is 2.02. The predicted octanol–water partition coefficient (Wildman–Crippen LogP) is 4.61. The number of rotatable bonds is 10. The molecule has 0 radical (unpaired) electrons. The summed E-state index contributed by atoms with van der Waals surface area (Å²) in [6, 6.07) is 20.7. The summed E-state index contributed by atoms with van der Waals surface area (Å²) in [4.78, 5) is 12.2. The zero-order valence-electron chi connectivity index (χ0n) is 16.7. The molecule has 0 fully saturated rings. The van der Waals surface area contributed by atoms with E-state index in [1.807, 2.05) is 18.2 Å². The molecule has 0 aliphatic carbocycles. The molecule has 28 heavy (non-hydrogen) atoms. The summed E-state index contributed by atoms with van der Waals surface area (Å²) in [5, 5.41) is 19.0. The number of carbonyl (C=O) groups excluding carboxylic acids is 1. The molecule has 2 atom stereocenters. The minimum absolute atomic E-state index is 0.102. The van der Waals surface area contributed by atoms with Gasteiger partial charge in [-0.2, -0.15) is 5.26 Å². The lowest BCUT2D eigenvalue weighted by molar-refractivity contribution is -0.148. The average molecular weight is 377 g/mol. The van der Waals surface area contributed by atoms with E-state index in [9.17, 15) is 9.82 Å². The monoisotopic (exact) mass is 377 g/mol. The molecular formula is C23H28BNO3. The quantitative estimate of drug-likeness (QED) is 0.485. The molecule has 2 aromatic carbocycles. The number of hydrogen-bond donors (Lipinski definition) is 1. The molecule has 0 aliphatic heterocycles.